The number of hydrogen-bond acceptors (Lipinski definition) is 4. The summed E-state index contributed by atoms with van der Waals surface area (Å²) in [5, 5.41) is 16.5. The van der Waals surface area contributed by atoms with Crippen LogP contribution in [0.3, 0.4) is 0 Å². The molecule has 0 aliphatic carbocycles. The number of carbonyl (C=O) groups excluding carboxylic acids is 1. The van der Waals surface area contributed by atoms with Crippen LogP contribution in [0.1, 0.15) is 31.4 Å². The number of aliphatic hydroxyl groups is 1. The zero-order valence-corrected chi connectivity index (χ0v) is 18.1. The molecule has 3 rings (SSSR count). The summed E-state index contributed by atoms with van der Waals surface area (Å²) < 4.78 is 47.4. The van der Waals surface area contributed by atoms with Crippen molar-refractivity contribution in [1.82, 2.24) is 0 Å². The fraction of sp³-hybridized carbons (Fsp3) is 0.409. The Bertz CT molecular complexity index is 994. The van der Waals surface area contributed by atoms with Gasteiger partial charge >= 0.3 is 6.18 Å². The van der Waals surface area contributed by atoms with E-state index in [-0.39, 0.29) is 12.3 Å². The molecule has 168 valence electrons. The van der Waals surface area contributed by atoms with E-state index < -0.39 is 30.2 Å². The minimum atomic E-state index is -4.90. The summed E-state index contributed by atoms with van der Waals surface area (Å²) in [7, 11) is 1.41. The highest BCUT2D eigenvalue weighted by atomic mass is 35.5. The van der Waals surface area contributed by atoms with Crippen LogP contribution in [0, 0.1) is 0 Å². The molecule has 31 heavy (non-hydrogen) atoms. The number of anilines is 2. The van der Waals surface area contributed by atoms with Gasteiger partial charge in [0.1, 0.15) is 5.75 Å². The van der Waals surface area contributed by atoms with E-state index in [0.717, 1.165) is 0 Å². The van der Waals surface area contributed by atoms with E-state index in [4.69, 9.17) is 16.3 Å². The normalized spacial score (nSPS) is 15.8. The first-order chi connectivity index (χ1) is 14.4. The summed E-state index contributed by atoms with van der Waals surface area (Å²) in [6.07, 6.45) is -5.46. The molecule has 1 aliphatic rings. The van der Waals surface area contributed by atoms with Gasteiger partial charge in [-0.3, -0.25) is 4.79 Å². The van der Waals surface area contributed by atoms with Crippen LogP contribution < -0.4 is 15.4 Å². The van der Waals surface area contributed by atoms with Crippen LogP contribution in [-0.2, 0) is 16.6 Å². The molecule has 0 bridgehead atoms. The highest BCUT2D eigenvalue weighted by molar-refractivity contribution is 6.30. The average Bonchev–Trinajstić information content (AvgIpc) is 3.05. The summed E-state index contributed by atoms with van der Waals surface area (Å²) in [6.45, 7) is 2.44. The number of amides is 1. The molecular weight excluding hydrogens is 433 g/mol. The molecule has 0 radical (unpaired) electrons. The van der Waals surface area contributed by atoms with Crippen molar-refractivity contribution >= 4 is 28.9 Å². The Hall–Kier alpha value is -2.45. The summed E-state index contributed by atoms with van der Waals surface area (Å²) >= 11 is 5.98. The monoisotopic (exact) mass is 456 g/mol. The van der Waals surface area contributed by atoms with Crippen LogP contribution in [0.2, 0.25) is 5.02 Å². The number of alkyl halides is 3. The second kappa shape index (κ2) is 8.24. The van der Waals surface area contributed by atoms with Crippen LogP contribution in [-0.4, -0.2) is 36.4 Å². The molecule has 2 aromatic carbocycles. The number of methoxy groups -OCH3 is 1. The van der Waals surface area contributed by atoms with Crippen molar-refractivity contribution in [2.45, 2.75) is 43.9 Å². The van der Waals surface area contributed by atoms with Gasteiger partial charge in [-0.25, -0.2) is 0 Å². The van der Waals surface area contributed by atoms with Gasteiger partial charge in [-0.15, -0.1) is 0 Å². The van der Waals surface area contributed by atoms with Crippen molar-refractivity contribution in [2.24, 2.45) is 0 Å². The zero-order chi connectivity index (χ0) is 23.0. The number of fused-ring (bicyclic) bond motifs is 1. The third-order valence-electron chi connectivity index (χ3n) is 5.51. The van der Waals surface area contributed by atoms with Gasteiger partial charge in [0.25, 0.3) is 0 Å². The molecule has 0 saturated heterocycles. The molecule has 1 unspecified atom stereocenters. The number of hydrogen-bond donors (Lipinski definition) is 3. The highest BCUT2D eigenvalue weighted by Gasteiger charge is 2.56. The van der Waals surface area contributed by atoms with Gasteiger partial charge in [0, 0.05) is 22.0 Å². The summed E-state index contributed by atoms with van der Waals surface area (Å²) in [5.74, 6) is 0.117. The lowest BCUT2D eigenvalue weighted by Crippen LogP contribution is -2.53. The second-order valence-corrected chi connectivity index (χ2v) is 8.78. The zero-order valence-electron chi connectivity index (χ0n) is 17.4. The Morgan fingerprint density at radius 1 is 1.23 bits per heavy atom. The molecule has 0 saturated carbocycles. The quantitative estimate of drug-likeness (QED) is 0.553. The van der Waals surface area contributed by atoms with E-state index in [1.54, 1.807) is 44.2 Å². The van der Waals surface area contributed by atoms with Gasteiger partial charge in [-0.1, -0.05) is 37.6 Å². The second-order valence-electron chi connectivity index (χ2n) is 8.34. The van der Waals surface area contributed by atoms with Crippen LogP contribution >= 0.6 is 11.6 Å². The van der Waals surface area contributed by atoms with Gasteiger partial charge < -0.3 is 20.5 Å². The Labute approximate surface area is 183 Å². The molecule has 1 heterocycles. The van der Waals surface area contributed by atoms with E-state index in [9.17, 15) is 23.1 Å². The lowest BCUT2D eigenvalue weighted by Gasteiger charge is -2.38. The van der Waals surface area contributed by atoms with Gasteiger partial charge in [0.15, 0.2) is 5.60 Å². The molecule has 0 aromatic heterocycles. The van der Waals surface area contributed by atoms with Crippen molar-refractivity contribution in [1.29, 1.82) is 0 Å². The van der Waals surface area contributed by atoms with Crippen LogP contribution in [0.25, 0.3) is 0 Å². The van der Waals surface area contributed by atoms with Crippen molar-refractivity contribution in [2.75, 3.05) is 24.3 Å². The maximum atomic E-state index is 14.0. The molecule has 1 aliphatic heterocycles. The first kappa shape index (κ1) is 23.2. The molecule has 9 heteroatoms. The molecule has 3 N–H and O–H groups in total. The molecule has 2 aromatic rings. The standard InChI is InChI=1S/C22H24ClF3N2O3/c1-20(2,15-8-7-13(23)9-18(15)31-3)11-21(30,22(24,25)26)12-27-16-5-4-6-17-14(16)10-19(29)28-17/h4-9,27,30H,10-12H2,1-3H3,(H,28,29). The van der Waals surface area contributed by atoms with E-state index in [0.29, 0.717) is 33.3 Å². The summed E-state index contributed by atoms with van der Waals surface area (Å²) in [4.78, 5) is 11.7. The van der Waals surface area contributed by atoms with E-state index >= 15 is 0 Å². The number of ether oxygens (including phenoxy) is 1. The topological polar surface area (TPSA) is 70.6 Å². The van der Waals surface area contributed by atoms with E-state index in [1.807, 2.05) is 0 Å². The Kier molecular flexibility index (Phi) is 6.17. The lowest BCUT2D eigenvalue weighted by molar-refractivity contribution is -0.260. The van der Waals surface area contributed by atoms with Crippen LogP contribution in [0.5, 0.6) is 5.75 Å². The third-order valence-corrected chi connectivity index (χ3v) is 5.75. The fourth-order valence-electron chi connectivity index (χ4n) is 3.97. The predicted octanol–water partition coefficient (Wildman–Crippen LogP) is 4.92. The molecule has 1 amide bonds. The van der Waals surface area contributed by atoms with Crippen LogP contribution in [0.4, 0.5) is 24.5 Å². The van der Waals surface area contributed by atoms with E-state index in [2.05, 4.69) is 10.6 Å². The molecule has 0 fully saturated rings. The number of carbonyl (C=O) groups is 1. The van der Waals surface area contributed by atoms with Gasteiger partial charge in [0.05, 0.1) is 20.1 Å². The van der Waals surface area contributed by atoms with Crippen molar-refractivity contribution in [3.05, 3.63) is 52.5 Å². The van der Waals surface area contributed by atoms with Gasteiger partial charge in [-0.05, 0) is 41.7 Å². The van der Waals surface area contributed by atoms with Gasteiger partial charge in [-0.2, -0.15) is 13.2 Å². The van der Waals surface area contributed by atoms with Crippen molar-refractivity contribution in [3.8, 4) is 5.75 Å². The Balaban J connectivity index is 1.89. The Morgan fingerprint density at radius 2 is 1.94 bits per heavy atom. The van der Waals surface area contributed by atoms with Crippen molar-refractivity contribution < 1.29 is 27.8 Å². The number of nitrogens with one attached hydrogen (secondary N) is 2. The number of halogens is 4. The SMILES string of the molecule is COc1cc(Cl)ccc1C(C)(C)CC(O)(CNc1cccc2c1CC(=O)N2)C(F)(F)F. The maximum absolute atomic E-state index is 14.0. The minimum absolute atomic E-state index is 0.0659. The maximum Gasteiger partial charge on any atom is 0.418 e. The first-order valence-corrected chi connectivity index (χ1v) is 10.0. The third kappa shape index (κ3) is 4.75. The van der Waals surface area contributed by atoms with Gasteiger partial charge in [0.2, 0.25) is 5.91 Å². The van der Waals surface area contributed by atoms with Crippen molar-refractivity contribution in [3.63, 3.8) is 0 Å². The molecule has 5 nitrogen and oxygen atoms in total. The molecule has 0 spiro atoms. The summed E-state index contributed by atoms with van der Waals surface area (Å²) in [6, 6.07) is 9.60. The van der Waals surface area contributed by atoms with E-state index in [1.165, 1.54) is 13.2 Å². The average molecular weight is 457 g/mol. The molecule has 1 atom stereocenters. The smallest absolute Gasteiger partial charge is 0.418 e. The fourth-order valence-corrected chi connectivity index (χ4v) is 4.13. The number of benzene rings is 2. The number of rotatable bonds is 7. The highest BCUT2D eigenvalue weighted by Crippen LogP contribution is 2.44. The lowest BCUT2D eigenvalue weighted by atomic mass is 9.74. The molecular formula is C22H24ClF3N2O3. The summed E-state index contributed by atoms with van der Waals surface area (Å²) in [5.41, 5.74) is -2.14. The predicted molar refractivity (Wildman–Crippen MR) is 114 cm³/mol. The Morgan fingerprint density at radius 3 is 2.58 bits per heavy atom. The van der Waals surface area contributed by atoms with Crippen LogP contribution in [0.15, 0.2) is 36.4 Å². The largest absolute Gasteiger partial charge is 0.496 e. The first-order valence-electron chi connectivity index (χ1n) is 9.65. The minimum Gasteiger partial charge on any atom is -0.496 e.